The number of benzene rings is 1. The highest BCUT2D eigenvalue weighted by atomic mass is 35.5. The van der Waals surface area contributed by atoms with E-state index < -0.39 is 0 Å². The van der Waals surface area contributed by atoms with Crippen molar-refractivity contribution in [2.75, 3.05) is 25.7 Å². The Morgan fingerprint density at radius 3 is 2.22 bits per heavy atom. The van der Waals surface area contributed by atoms with Gasteiger partial charge in [0.05, 0.1) is 36.8 Å². The van der Waals surface area contributed by atoms with E-state index in [0.717, 1.165) is 19.0 Å². The largest absolute Gasteiger partial charge is 0.491 e. The third-order valence-electron chi connectivity index (χ3n) is 2.40. The highest BCUT2D eigenvalue weighted by Gasteiger charge is 2.22. The molecule has 2 aliphatic rings. The van der Waals surface area contributed by atoms with Gasteiger partial charge in [-0.25, -0.2) is 0 Å². The smallest absolute Gasteiger partial charge is 0.119 e. The van der Waals surface area contributed by atoms with Crippen LogP contribution in [-0.2, 0) is 9.47 Å². The summed E-state index contributed by atoms with van der Waals surface area (Å²) in [5.74, 6) is 1.45. The van der Waals surface area contributed by atoms with Crippen molar-refractivity contribution in [2.45, 2.75) is 12.2 Å². The molecule has 18 heavy (non-hydrogen) atoms. The second kappa shape index (κ2) is 6.60. The van der Waals surface area contributed by atoms with Gasteiger partial charge in [-0.2, -0.15) is 5.26 Å². The first kappa shape index (κ1) is 13.2. The van der Waals surface area contributed by atoms with Gasteiger partial charge in [0, 0.05) is 0 Å². The molecular formula is C13H14ClNO3. The van der Waals surface area contributed by atoms with Crippen LogP contribution in [0.15, 0.2) is 24.3 Å². The molecule has 2 aliphatic heterocycles. The molecule has 0 aliphatic carbocycles. The summed E-state index contributed by atoms with van der Waals surface area (Å²) in [6.45, 7) is 2.28. The number of halogens is 1. The lowest BCUT2D eigenvalue weighted by atomic mass is 10.2. The van der Waals surface area contributed by atoms with Gasteiger partial charge in [0.2, 0.25) is 0 Å². The standard InChI is InChI=1S/C10H9NO2.C3H5ClO/c11-5-8-1-3-9(4-2-8)12-6-10-7-13-10;4-1-3-2-5-3/h1-4,10H,6-7H2;3H,1-2H2. The monoisotopic (exact) mass is 267 g/mol. The Morgan fingerprint density at radius 1 is 1.22 bits per heavy atom. The first-order chi connectivity index (χ1) is 8.81. The molecule has 4 nitrogen and oxygen atoms in total. The van der Waals surface area contributed by atoms with Crippen LogP contribution in [0, 0.1) is 11.3 Å². The molecule has 5 heteroatoms. The van der Waals surface area contributed by atoms with E-state index in [2.05, 4.69) is 6.07 Å². The van der Waals surface area contributed by atoms with E-state index in [1.54, 1.807) is 24.3 Å². The highest BCUT2D eigenvalue weighted by Crippen LogP contribution is 2.15. The van der Waals surface area contributed by atoms with Crippen LogP contribution >= 0.6 is 11.6 Å². The molecular weight excluding hydrogens is 254 g/mol. The normalized spacial score (nSPS) is 23.3. The molecule has 2 fully saturated rings. The fraction of sp³-hybridized carbons (Fsp3) is 0.462. The van der Waals surface area contributed by atoms with Gasteiger partial charge in [0.15, 0.2) is 0 Å². The van der Waals surface area contributed by atoms with E-state index in [1.165, 1.54) is 0 Å². The van der Waals surface area contributed by atoms with Crippen LogP contribution in [0.25, 0.3) is 0 Å². The maximum atomic E-state index is 8.55. The van der Waals surface area contributed by atoms with Crippen LogP contribution in [-0.4, -0.2) is 37.9 Å². The first-order valence-corrected chi connectivity index (χ1v) is 6.27. The minimum Gasteiger partial charge on any atom is -0.491 e. The third-order valence-corrected chi connectivity index (χ3v) is 2.74. The Morgan fingerprint density at radius 2 is 1.83 bits per heavy atom. The summed E-state index contributed by atoms with van der Waals surface area (Å²) in [5.41, 5.74) is 0.648. The van der Waals surface area contributed by atoms with Crippen LogP contribution in [0.3, 0.4) is 0 Å². The van der Waals surface area contributed by atoms with Gasteiger partial charge in [-0.05, 0) is 24.3 Å². The van der Waals surface area contributed by atoms with E-state index >= 15 is 0 Å². The molecule has 0 spiro atoms. The Kier molecular flexibility index (Phi) is 4.82. The molecule has 0 bridgehead atoms. The van der Waals surface area contributed by atoms with Crippen molar-refractivity contribution in [3.8, 4) is 11.8 Å². The van der Waals surface area contributed by atoms with Crippen molar-refractivity contribution in [1.82, 2.24) is 0 Å². The average molecular weight is 268 g/mol. The van der Waals surface area contributed by atoms with Crippen molar-refractivity contribution in [3.05, 3.63) is 29.8 Å². The molecule has 0 amide bonds. The Balaban J connectivity index is 0.000000202. The summed E-state index contributed by atoms with van der Waals surface area (Å²) < 4.78 is 15.1. The molecule has 96 valence electrons. The molecule has 0 N–H and O–H groups in total. The molecule has 1 aromatic carbocycles. The number of ether oxygens (including phenoxy) is 3. The second-order valence-electron chi connectivity index (χ2n) is 4.01. The van der Waals surface area contributed by atoms with Crippen molar-refractivity contribution in [2.24, 2.45) is 0 Å². The van der Waals surface area contributed by atoms with Gasteiger partial charge in [0.25, 0.3) is 0 Å². The van der Waals surface area contributed by atoms with E-state index in [-0.39, 0.29) is 6.10 Å². The lowest BCUT2D eigenvalue weighted by molar-refractivity contribution is 0.263. The zero-order valence-electron chi connectivity index (χ0n) is 9.84. The lowest BCUT2D eigenvalue weighted by Gasteiger charge is -2.02. The number of nitriles is 1. The topological polar surface area (TPSA) is 58.1 Å². The van der Waals surface area contributed by atoms with Crippen molar-refractivity contribution in [1.29, 1.82) is 5.26 Å². The van der Waals surface area contributed by atoms with Gasteiger partial charge in [-0.3, -0.25) is 0 Å². The minimum atomic E-state index is 0.274. The summed E-state index contributed by atoms with van der Waals surface area (Å²) in [5, 5.41) is 8.55. The fourth-order valence-electron chi connectivity index (χ4n) is 1.14. The average Bonchev–Trinajstić information content (AvgIpc) is 3.32. The molecule has 2 atom stereocenters. The molecule has 0 saturated carbocycles. The van der Waals surface area contributed by atoms with E-state index in [0.29, 0.717) is 24.2 Å². The number of epoxide rings is 2. The summed E-state index contributed by atoms with van der Waals surface area (Å²) in [6.07, 6.45) is 0.673. The Hall–Kier alpha value is -1.28. The SMILES string of the molecule is ClCC1CO1.N#Cc1ccc(OCC2CO2)cc1. The summed E-state index contributed by atoms with van der Waals surface area (Å²) in [7, 11) is 0. The molecule has 0 aromatic heterocycles. The van der Waals surface area contributed by atoms with Gasteiger partial charge >= 0.3 is 0 Å². The molecule has 0 radical (unpaired) electrons. The van der Waals surface area contributed by atoms with Crippen LogP contribution in [0.1, 0.15) is 5.56 Å². The van der Waals surface area contributed by atoms with Crippen LogP contribution in [0.2, 0.25) is 0 Å². The third kappa shape index (κ3) is 4.92. The molecule has 1 aromatic rings. The minimum absolute atomic E-state index is 0.274. The predicted octanol–water partition coefficient (Wildman–Crippen LogP) is 1.96. The zero-order valence-corrected chi connectivity index (χ0v) is 10.6. The Bertz CT molecular complexity index is 407. The molecule has 2 unspecified atom stereocenters. The van der Waals surface area contributed by atoms with Crippen molar-refractivity contribution >= 4 is 11.6 Å². The van der Waals surface area contributed by atoms with Gasteiger partial charge in [0.1, 0.15) is 18.5 Å². The van der Waals surface area contributed by atoms with Gasteiger partial charge in [-0.15, -0.1) is 11.6 Å². The number of hydrogen-bond acceptors (Lipinski definition) is 4. The zero-order chi connectivity index (χ0) is 12.8. The maximum Gasteiger partial charge on any atom is 0.119 e. The Labute approximate surface area is 111 Å². The molecule has 3 rings (SSSR count). The maximum absolute atomic E-state index is 8.55. The van der Waals surface area contributed by atoms with Gasteiger partial charge < -0.3 is 14.2 Å². The number of alkyl halides is 1. The highest BCUT2D eigenvalue weighted by molar-refractivity contribution is 6.18. The summed E-state index contributed by atoms with van der Waals surface area (Å²) in [6, 6.07) is 9.11. The number of rotatable bonds is 4. The van der Waals surface area contributed by atoms with E-state index in [1.807, 2.05) is 0 Å². The molecule has 2 saturated heterocycles. The van der Waals surface area contributed by atoms with Crippen LogP contribution < -0.4 is 4.74 Å². The van der Waals surface area contributed by atoms with E-state index in [4.69, 9.17) is 31.1 Å². The van der Waals surface area contributed by atoms with Crippen molar-refractivity contribution in [3.63, 3.8) is 0 Å². The summed E-state index contributed by atoms with van der Waals surface area (Å²) >= 11 is 5.27. The van der Waals surface area contributed by atoms with Gasteiger partial charge in [-0.1, -0.05) is 0 Å². The van der Waals surface area contributed by atoms with Crippen LogP contribution in [0.5, 0.6) is 5.75 Å². The van der Waals surface area contributed by atoms with Crippen LogP contribution in [0.4, 0.5) is 0 Å². The second-order valence-corrected chi connectivity index (χ2v) is 4.32. The summed E-state index contributed by atoms with van der Waals surface area (Å²) in [4.78, 5) is 0. The first-order valence-electron chi connectivity index (χ1n) is 5.74. The lowest BCUT2D eigenvalue weighted by Crippen LogP contribution is -2.03. The van der Waals surface area contributed by atoms with E-state index in [9.17, 15) is 0 Å². The fourth-order valence-corrected chi connectivity index (χ4v) is 1.31. The predicted molar refractivity (Wildman–Crippen MR) is 66.9 cm³/mol. The van der Waals surface area contributed by atoms with Crippen molar-refractivity contribution < 1.29 is 14.2 Å². The quantitative estimate of drug-likeness (QED) is 0.618. The number of hydrogen-bond donors (Lipinski definition) is 0. The number of nitrogens with zero attached hydrogens (tertiary/aromatic N) is 1. The molecule has 2 heterocycles.